The molecule has 4 N–H and O–H groups in total. The second kappa shape index (κ2) is 7.32. The minimum atomic E-state index is -0.472. The predicted molar refractivity (Wildman–Crippen MR) is 100 cm³/mol. The van der Waals surface area contributed by atoms with Crippen LogP contribution in [0, 0.1) is 5.82 Å². The standard InChI is InChI=1S/C19H20FN5O2/c20-12-7-15-17(10-23-18(15)22-8-12)25-19(27)24-13-3-6-16(21-9-13)11-1-4-14(26)5-2-11/h3,6-11,14,26H,1-2,4-5H2,(H,22,23)(H2,24,25,27). The molecule has 8 heteroatoms. The van der Waals surface area contributed by atoms with Crippen molar-refractivity contribution in [3.63, 3.8) is 0 Å². The number of hydrogen-bond donors (Lipinski definition) is 4. The number of halogens is 1. The van der Waals surface area contributed by atoms with Crippen LogP contribution in [0.3, 0.4) is 0 Å². The molecule has 0 saturated heterocycles. The molecule has 0 unspecified atom stereocenters. The highest BCUT2D eigenvalue weighted by Gasteiger charge is 2.21. The van der Waals surface area contributed by atoms with Crippen LogP contribution < -0.4 is 10.6 Å². The van der Waals surface area contributed by atoms with Crippen molar-refractivity contribution in [2.45, 2.75) is 37.7 Å². The van der Waals surface area contributed by atoms with Gasteiger partial charge in [0.2, 0.25) is 0 Å². The lowest BCUT2D eigenvalue weighted by Crippen LogP contribution is -2.20. The highest BCUT2D eigenvalue weighted by Crippen LogP contribution is 2.32. The largest absolute Gasteiger partial charge is 0.393 e. The molecule has 27 heavy (non-hydrogen) atoms. The first-order valence-corrected chi connectivity index (χ1v) is 8.93. The third-order valence-electron chi connectivity index (χ3n) is 4.91. The third kappa shape index (κ3) is 3.90. The van der Waals surface area contributed by atoms with Gasteiger partial charge in [-0.1, -0.05) is 0 Å². The van der Waals surface area contributed by atoms with E-state index < -0.39 is 11.8 Å². The van der Waals surface area contributed by atoms with Crippen molar-refractivity contribution in [3.8, 4) is 0 Å². The van der Waals surface area contributed by atoms with E-state index >= 15 is 0 Å². The summed E-state index contributed by atoms with van der Waals surface area (Å²) in [5.74, 6) is -0.120. The topological polar surface area (TPSA) is 103 Å². The van der Waals surface area contributed by atoms with Gasteiger partial charge in [0.05, 0.1) is 29.9 Å². The minimum Gasteiger partial charge on any atom is -0.393 e. The molecule has 0 radical (unpaired) electrons. The second-order valence-electron chi connectivity index (χ2n) is 6.81. The van der Waals surface area contributed by atoms with Crippen molar-refractivity contribution in [1.29, 1.82) is 0 Å². The molecule has 4 rings (SSSR count). The summed E-state index contributed by atoms with van der Waals surface area (Å²) < 4.78 is 13.4. The molecule has 3 heterocycles. The van der Waals surface area contributed by atoms with Crippen LogP contribution in [0.25, 0.3) is 11.0 Å². The Hall–Kier alpha value is -3.00. The van der Waals surface area contributed by atoms with Gasteiger partial charge in [0.25, 0.3) is 0 Å². The highest BCUT2D eigenvalue weighted by atomic mass is 19.1. The molecule has 1 aliphatic carbocycles. The molecule has 0 atom stereocenters. The van der Waals surface area contributed by atoms with Gasteiger partial charge in [-0.25, -0.2) is 14.2 Å². The predicted octanol–water partition coefficient (Wildman–Crippen LogP) is 3.76. The van der Waals surface area contributed by atoms with Crippen molar-refractivity contribution in [1.82, 2.24) is 15.0 Å². The van der Waals surface area contributed by atoms with E-state index in [0.29, 0.717) is 28.3 Å². The fourth-order valence-electron chi connectivity index (χ4n) is 3.46. The molecule has 3 aromatic heterocycles. The monoisotopic (exact) mass is 369 g/mol. The molecular weight excluding hydrogens is 349 g/mol. The number of aromatic amines is 1. The summed E-state index contributed by atoms with van der Waals surface area (Å²) in [6.45, 7) is 0. The van der Waals surface area contributed by atoms with Gasteiger partial charge in [0, 0.05) is 23.2 Å². The average Bonchev–Trinajstić information content (AvgIpc) is 3.05. The Kier molecular flexibility index (Phi) is 4.72. The van der Waals surface area contributed by atoms with Crippen LogP contribution in [0.2, 0.25) is 0 Å². The van der Waals surface area contributed by atoms with E-state index in [9.17, 15) is 14.3 Å². The molecule has 140 valence electrons. The molecule has 0 aromatic carbocycles. The van der Waals surface area contributed by atoms with E-state index in [1.54, 1.807) is 12.4 Å². The number of aromatic nitrogens is 3. The van der Waals surface area contributed by atoms with Gasteiger partial charge in [-0.05, 0) is 43.9 Å². The van der Waals surface area contributed by atoms with E-state index in [1.165, 1.54) is 6.07 Å². The summed E-state index contributed by atoms with van der Waals surface area (Å²) in [4.78, 5) is 23.5. The van der Waals surface area contributed by atoms with Gasteiger partial charge in [-0.2, -0.15) is 0 Å². The Morgan fingerprint density at radius 3 is 2.70 bits per heavy atom. The van der Waals surface area contributed by atoms with Gasteiger partial charge in [-0.3, -0.25) is 4.98 Å². The van der Waals surface area contributed by atoms with Crippen molar-refractivity contribution >= 4 is 28.4 Å². The summed E-state index contributed by atoms with van der Waals surface area (Å²) in [6.07, 6.45) is 7.55. The lowest BCUT2D eigenvalue weighted by atomic mass is 9.85. The maximum Gasteiger partial charge on any atom is 0.323 e. The number of nitrogens with zero attached hydrogens (tertiary/aromatic N) is 2. The maximum atomic E-state index is 13.4. The number of anilines is 2. The molecule has 1 aliphatic rings. The maximum absolute atomic E-state index is 13.4. The molecule has 7 nitrogen and oxygen atoms in total. The quantitative estimate of drug-likeness (QED) is 0.564. The summed E-state index contributed by atoms with van der Waals surface area (Å²) in [5, 5.41) is 15.5. The number of carbonyl (C=O) groups excluding carboxylic acids is 1. The fourth-order valence-corrected chi connectivity index (χ4v) is 3.46. The first kappa shape index (κ1) is 17.4. The number of urea groups is 1. The van der Waals surface area contributed by atoms with E-state index in [4.69, 9.17) is 0 Å². The first-order chi connectivity index (χ1) is 13.1. The molecule has 1 fully saturated rings. The van der Waals surface area contributed by atoms with Crippen molar-refractivity contribution in [2.75, 3.05) is 10.6 Å². The number of pyridine rings is 2. The second-order valence-corrected chi connectivity index (χ2v) is 6.81. The van der Waals surface area contributed by atoms with Gasteiger partial charge in [0.15, 0.2) is 0 Å². The van der Waals surface area contributed by atoms with Crippen molar-refractivity contribution in [3.05, 3.63) is 48.3 Å². The van der Waals surface area contributed by atoms with E-state index in [1.807, 2.05) is 12.1 Å². The molecule has 0 aliphatic heterocycles. The SMILES string of the molecule is O=C(Nc1ccc(C2CCC(O)CC2)nc1)Nc1c[nH]c2ncc(F)cc12. The van der Waals surface area contributed by atoms with Crippen molar-refractivity contribution in [2.24, 2.45) is 0 Å². The minimum absolute atomic E-state index is 0.195. The Labute approximate surface area is 155 Å². The first-order valence-electron chi connectivity index (χ1n) is 8.93. The van der Waals surface area contributed by atoms with Crippen LogP contribution in [0.15, 0.2) is 36.8 Å². The average molecular weight is 369 g/mol. The Morgan fingerprint density at radius 1 is 1.15 bits per heavy atom. The van der Waals surface area contributed by atoms with Crippen molar-refractivity contribution < 1.29 is 14.3 Å². The summed E-state index contributed by atoms with van der Waals surface area (Å²) >= 11 is 0. The molecule has 3 aromatic rings. The zero-order valence-corrected chi connectivity index (χ0v) is 14.6. The molecule has 2 amide bonds. The summed E-state index contributed by atoms with van der Waals surface area (Å²) in [7, 11) is 0. The number of nitrogens with one attached hydrogen (secondary N) is 3. The lowest BCUT2D eigenvalue weighted by Gasteiger charge is -2.24. The van der Waals surface area contributed by atoms with E-state index in [-0.39, 0.29) is 6.10 Å². The van der Waals surface area contributed by atoms with Crippen LogP contribution in [-0.2, 0) is 0 Å². The normalized spacial score (nSPS) is 19.8. The summed E-state index contributed by atoms with van der Waals surface area (Å²) in [6, 6.07) is 4.58. The van der Waals surface area contributed by atoms with E-state index in [0.717, 1.165) is 37.6 Å². The number of amides is 2. The van der Waals surface area contributed by atoms with E-state index in [2.05, 4.69) is 25.6 Å². The number of rotatable bonds is 3. The zero-order chi connectivity index (χ0) is 18.8. The van der Waals surface area contributed by atoms with Crippen LogP contribution >= 0.6 is 0 Å². The van der Waals surface area contributed by atoms with Crippen LogP contribution in [-0.4, -0.2) is 32.2 Å². The molecule has 1 saturated carbocycles. The molecular formula is C19H20FN5O2. The summed E-state index contributed by atoms with van der Waals surface area (Å²) in [5.41, 5.74) is 2.48. The smallest absolute Gasteiger partial charge is 0.323 e. The Bertz CT molecular complexity index is 948. The van der Waals surface area contributed by atoms with Gasteiger partial charge < -0.3 is 20.7 Å². The van der Waals surface area contributed by atoms with Gasteiger partial charge in [-0.15, -0.1) is 0 Å². The lowest BCUT2D eigenvalue weighted by molar-refractivity contribution is 0.122. The Morgan fingerprint density at radius 2 is 1.96 bits per heavy atom. The number of hydrogen-bond acceptors (Lipinski definition) is 4. The van der Waals surface area contributed by atoms with Crippen LogP contribution in [0.4, 0.5) is 20.6 Å². The highest BCUT2D eigenvalue weighted by molar-refractivity contribution is 6.05. The number of carbonyl (C=O) groups is 1. The fraction of sp³-hybridized carbons (Fsp3) is 0.316. The third-order valence-corrected chi connectivity index (χ3v) is 4.91. The zero-order valence-electron chi connectivity index (χ0n) is 14.6. The van der Waals surface area contributed by atoms with Crippen LogP contribution in [0.5, 0.6) is 0 Å². The molecule has 0 spiro atoms. The number of fused-ring (bicyclic) bond motifs is 1. The number of H-pyrrole nitrogens is 1. The molecule has 0 bridgehead atoms. The van der Waals surface area contributed by atoms with Gasteiger partial charge >= 0.3 is 6.03 Å². The number of aliphatic hydroxyl groups is 1. The Balaban J connectivity index is 1.40. The van der Waals surface area contributed by atoms with Gasteiger partial charge in [0.1, 0.15) is 11.5 Å². The van der Waals surface area contributed by atoms with Crippen LogP contribution in [0.1, 0.15) is 37.3 Å². The number of aliphatic hydroxyl groups excluding tert-OH is 1.